The van der Waals surface area contributed by atoms with Crippen LogP contribution < -0.4 is 10.6 Å². The highest BCUT2D eigenvalue weighted by atomic mass is 127. The number of nitrogens with one attached hydrogen (secondary N) is 2. The zero-order valence-corrected chi connectivity index (χ0v) is 17.7. The molecule has 0 atom stereocenters. The average Bonchev–Trinajstić information content (AvgIpc) is 2.85. The molecule has 0 aliphatic rings. The highest BCUT2D eigenvalue weighted by Crippen LogP contribution is 2.17. The van der Waals surface area contributed by atoms with Crippen LogP contribution in [0.4, 0.5) is 8.78 Å². The molecule has 0 spiro atoms. The van der Waals surface area contributed by atoms with E-state index in [9.17, 15) is 8.78 Å². The fourth-order valence-corrected chi connectivity index (χ4v) is 3.21. The molecule has 2 rings (SSSR count). The minimum atomic E-state index is -0.462. The number of aryl methyl sites for hydroxylation is 2. The molecule has 2 aromatic rings. The normalized spacial score (nSPS) is 11.2. The van der Waals surface area contributed by atoms with Crippen molar-refractivity contribution < 1.29 is 8.78 Å². The Morgan fingerprint density at radius 1 is 1.24 bits per heavy atom. The van der Waals surface area contributed by atoms with E-state index in [-0.39, 0.29) is 36.1 Å². The van der Waals surface area contributed by atoms with E-state index in [1.807, 2.05) is 20.8 Å². The predicted octanol–water partition coefficient (Wildman–Crippen LogP) is 3.95. The summed E-state index contributed by atoms with van der Waals surface area (Å²) in [7, 11) is 0. The summed E-state index contributed by atoms with van der Waals surface area (Å²) in [4.78, 5) is 9.97. The maximum atomic E-state index is 13.6. The molecule has 4 nitrogen and oxygen atoms in total. The fourth-order valence-electron chi connectivity index (χ4n) is 2.27. The number of rotatable bonds is 6. The highest BCUT2D eigenvalue weighted by molar-refractivity contribution is 14.0. The number of aliphatic imine (C=N–C) groups is 1. The van der Waals surface area contributed by atoms with Gasteiger partial charge in [-0.05, 0) is 39.0 Å². The third kappa shape index (κ3) is 6.85. The maximum absolute atomic E-state index is 13.6. The van der Waals surface area contributed by atoms with E-state index in [2.05, 4.69) is 20.6 Å². The molecular weight excluding hydrogens is 457 g/mol. The van der Waals surface area contributed by atoms with Gasteiger partial charge in [-0.15, -0.1) is 35.3 Å². The second-order valence-electron chi connectivity index (χ2n) is 5.35. The Kier molecular flexibility index (Phi) is 9.26. The molecule has 25 heavy (non-hydrogen) atoms. The summed E-state index contributed by atoms with van der Waals surface area (Å²) >= 11 is 1.69. The van der Waals surface area contributed by atoms with Crippen LogP contribution in [0.1, 0.15) is 28.1 Å². The van der Waals surface area contributed by atoms with E-state index >= 15 is 0 Å². The van der Waals surface area contributed by atoms with Crippen molar-refractivity contribution in [3.8, 4) is 0 Å². The molecule has 1 aromatic heterocycles. The number of aromatic nitrogens is 1. The van der Waals surface area contributed by atoms with E-state index < -0.39 is 11.6 Å². The van der Waals surface area contributed by atoms with Crippen molar-refractivity contribution in [3.05, 3.63) is 51.0 Å². The van der Waals surface area contributed by atoms with Crippen molar-refractivity contribution in [1.29, 1.82) is 0 Å². The van der Waals surface area contributed by atoms with Crippen molar-refractivity contribution in [2.24, 2.45) is 4.99 Å². The average molecular weight is 480 g/mol. The summed E-state index contributed by atoms with van der Waals surface area (Å²) in [6, 6.07) is 3.40. The molecule has 0 fully saturated rings. The summed E-state index contributed by atoms with van der Waals surface area (Å²) in [5, 5.41) is 7.37. The Labute approximate surface area is 168 Å². The molecular formula is C17H23F2IN4S. The minimum absolute atomic E-state index is 0. The van der Waals surface area contributed by atoms with Crippen LogP contribution in [0.25, 0.3) is 0 Å². The lowest BCUT2D eigenvalue weighted by molar-refractivity contribution is 0.585. The molecule has 0 unspecified atom stereocenters. The smallest absolute Gasteiger partial charge is 0.191 e. The lowest BCUT2D eigenvalue weighted by Gasteiger charge is -2.11. The maximum Gasteiger partial charge on any atom is 0.191 e. The molecule has 8 heteroatoms. The number of benzene rings is 1. The molecule has 0 aliphatic carbocycles. The Balaban J connectivity index is 0.00000312. The van der Waals surface area contributed by atoms with Crippen molar-refractivity contribution in [3.63, 3.8) is 0 Å². The predicted molar refractivity (Wildman–Crippen MR) is 110 cm³/mol. The summed E-state index contributed by atoms with van der Waals surface area (Å²) in [5.74, 6) is -0.331. The molecule has 1 heterocycles. The van der Waals surface area contributed by atoms with Gasteiger partial charge in [0.2, 0.25) is 0 Å². The first kappa shape index (κ1) is 21.8. The first-order valence-corrected chi connectivity index (χ1v) is 8.70. The summed E-state index contributed by atoms with van der Waals surface area (Å²) < 4.78 is 26.8. The van der Waals surface area contributed by atoms with E-state index in [4.69, 9.17) is 0 Å². The highest BCUT2D eigenvalue weighted by Gasteiger charge is 2.06. The molecule has 0 aliphatic heterocycles. The van der Waals surface area contributed by atoms with Crippen LogP contribution in [0, 0.1) is 25.5 Å². The van der Waals surface area contributed by atoms with Crippen LogP contribution in [0.2, 0.25) is 0 Å². The van der Waals surface area contributed by atoms with E-state index in [1.165, 1.54) is 10.9 Å². The molecule has 0 amide bonds. The lowest BCUT2D eigenvalue weighted by Crippen LogP contribution is -2.38. The van der Waals surface area contributed by atoms with Gasteiger partial charge in [0.05, 0.1) is 17.2 Å². The fraction of sp³-hybridized carbons (Fsp3) is 0.412. The van der Waals surface area contributed by atoms with Gasteiger partial charge in [-0.1, -0.05) is 0 Å². The summed E-state index contributed by atoms with van der Waals surface area (Å²) in [6.45, 7) is 7.42. The van der Waals surface area contributed by atoms with E-state index in [0.29, 0.717) is 19.0 Å². The topological polar surface area (TPSA) is 49.3 Å². The molecule has 0 saturated heterocycles. The molecule has 2 N–H and O–H groups in total. The number of hydrogen-bond acceptors (Lipinski definition) is 3. The molecule has 138 valence electrons. The Hall–Kier alpha value is -1.29. The molecule has 0 bridgehead atoms. The third-order valence-corrected chi connectivity index (χ3v) is 4.54. The minimum Gasteiger partial charge on any atom is -0.357 e. The largest absolute Gasteiger partial charge is 0.357 e. The van der Waals surface area contributed by atoms with Gasteiger partial charge < -0.3 is 10.6 Å². The third-order valence-electron chi connectivity index (χ3n) is 3.40. The van der Waals surface area contributed by atoms with Crippen molar-refractivity contribution in [2.75, 3.05) is 13.1 Å². The SMILES string of the molecule is CCNC(=NCc1cc(F)ccc1F)NCCc1sc(C)nc1C.I. The van der Waals surface area contributed by atoms with Gasteiger partial charge in [-0.3, -0.25) is 0 Å². The van der Waals surface area contributed by atoms with Crippen LogP contribution in [0.5, 0.6) is 0 Å². The Morgan fingerprint density at radius 3 is 2.64 bits per heavy atom. The zero-order valence-electron chi connectivity index (χ0n) is 14.5. The van der Waals surface area contributed by atoms with Crippen LogP contribution in [0.15, 0.2) is 23.2 Å². The number of nitrogens with zero attached hydrogens (tertiary/aromatic N) is 2. The summed E-state index contributed by atoms with van der Waals surface area (Å²) in [5.41, 5.74) is 1.30. The van der Waals surface area contributed by atoms with E-state index in [0.717, 1.165) is 29.3 Å². The van der Waals surface area contributed by atoms with Gasteiger partial charge >= 0.3 is 0 Å². The lowest BCUT2D eigenvalue weighted by atomic mass is 10.2. The van der Waals surface area contributed by atoms with Crippen molar-refractivity contribution in [2.45, 2.75) is 33.7 Å². The number of hydrogen-bond donors (Lipinski definition) is 2. The van der Waals surface area contributed by atoms with Crippen molar-refractivity contribution in [1.82, 2.24) is 15.6 Å². The first-order chi connectivity index (χ1) is 11.5. The molecule has 1 aromatic carbocycles. The quantitative estimate of drug-likeness (QED) is 0.374. The van der Waals surface area contributed by atoms with Gasteiger partial charge in [-0.2, -0.15) is 0 Å². The molecule has 0 saturated carbocycles. The number of thiazole rings is 1. The second-order valence-corrected chi connectivity index (χ2v) is 6.64. The van der Waals surface area contributed by atoms with E-state index in [1.54, 1.807) is 11.3 Å². The van der Waals surface area contributed by atoms with Gasteiger partial charge in [-0.25, -0.2) is 18.8 Å². The van der Waals surface area contributed by atoms with Gasteiger partial charge in [0.1, 0.15) is 11.6 Å². The van der Waals surface area contributed by atoms with Crippen LogP contribution in [-0.4, -0.2) is 24.0 Å². The first-order valence-electron chi connectivity index (χ1n) is 7.88. The second kappa shape index (κ2) is 10.6. The van der Waals surface area contributed by atoms with Gasteiger partial charge in [0, 0.05) is 30.0 Å². The Morgan fingerprint density at radius 2 is 2.00 bits per heavy atom. The van der Waals surface area contributed by atoms with Gasteiger partial charge in [0.25, 0.3) is 0 Å². The summed E-state index contributed by atoms with van der Waals surface area (Å²) in [6.07, 6.45) is 0.843. The van der Waals surface area contributed by atoms with Crippen LogP contribution in [0.3, 0.4) is 0 Å². The Bertz CT molecular complexity index is 719. The standard InChI is InChI=1S/C17H22F2N4S.HI/c1-4-20-17(21-8-7-16-11(2)23-12(3)24-16)22-10-13-9-14(18)5-6-15(13)19;/h5-6,9H,4,7-8,10H2,1-3H3,(H2,20,21,22);1H. The van der Waals surface area contributed by atoms with Crippen LogP contribution >= 0.6 is 35.3 Å². The molecule has 0 radical (unpaired) electrons. The monoisotopic (exact) mass is 480 g/mol. The van der Waals surface area contributed by atoms with Crippen molar-refractivity contribution >= 4 is 41.3 Å². The van der Waals surface area contributed by atoms with Crippen LogP contribution in [-0.2, 0) is 13.0 Å². The van der Waals surface area contributed by atoms with Gasteiger partial charge in [0.15, 0.2) is 5.96 Å². The number of guanidine groups is 1. The zero-order chi connectivity index (χ0) is 17.5. The number of halogens is 3.